The summed E-state index contributed by atoms with van der Waals surface area (Å²) in [5.74, 6) is 0.753. The second-order valence-corrected chi connectivity index (χ2v) is 5.55. The fraction of sp³-hybridized carbons (Fsp3) is 0.500. The van der Waals surface area contributed by atoms with Gasteiger partial charge in [0.1, 0.15) is 5.75 Å². The molecule has 1 amide bonds. The van der Waals surface area contributed by atoms with Crippen LogP contribution in [-0.2, 0) is 4.79 Å². The predicted octanol–water partition coefficient (Wildman–Crippen LogP) is 2.93. The zero-order valence-corrected chi connectivity index (χ0v) is 12.6. The number of carbonyl (C=O) groups is 1. The van der Waals surface area contributed by atoms with Gasteiger partial charge in [0.05, 0.1) is 18.8 Å². The van der Waals surface area contributed by atoms with E-state index in [2.05, 4.69) is 26.6 Å². The standard InChI is InChI=1S/C14H19BrN2O2/c1-19-10-6-7-11(15)13(9-10)17-14(18)12-5-3-2-4-8-16-12/h6-7,9,12,16H,2-5,8H2,1H3,(H,17,18). The SMILES string of the molecule is COc1ccc(Br)c(NC(=O)C2CCCCCN2)c1. The van der Waals surface area contributed by atoms with Gasteiger partial charge in [-0.3, -0.25) is 4.79 Å². The molecule has 1 aliphatic heterocycles. The van der Waals surface area contributed by atoms with Gasteiger partial charge in [-0.2, -0.15) is 0 Å². The van der Waals surface area contributed by atoms with E-state index in [4.69, 9.17) is 4.74 Å². The Labute approximate surface area is 122 Å². The second-order valence-electron chi connectivity index (χ2n) is 4.69. The number of nitrogens with one attached hydrogen (secondary N) is 2. The van der Waals surface area contributed by atoms with Gasteiger partial charge in [0.25, 0.3) is 0 Å². The molecule has 104 valence electrons. The number of benzene rings is 1. The minimum Gasteiger partial charge on any atom is -0.497 e. The molecule has 1 atom stereocenters. The normalized spacial score (nSPS) is 19.6. The highest BCUT2D eigenvalue weighted by atomic mass is 79.9. The molecular weight excluding hydrogens is 308 g/mol. The maximum atomic E-state index is 12.2. The monoisotopic (exact) mass is 326 g/mol. The number of hydrogen-bond acceptors (Lipinski definition) is 3. The summed E-state index contributed by atoms with van der Waals surface area (Å²) >= 11 is 3.44. The average molecular weight is 327 g/mol. The molecule has 4 nitrogen and oxygen atoms in total. The van der Waals surface area contributed by atoms with Crippen molar-refractivity contribution in [1.29, 1.82) is 0 Å². The molecule has 1 aliphatic rings. The third kappa shape index (κ3) is 3.94. The molecule has 0 aromatic heterocycles. The zero-order valence-electron chi connectivity index (χ0n) is 11.0. The van der Waals surface area contributed by atoms with E-state index in [1.165, 1.54) is 6.42 Å². The van der Waals surface area contributed by atoms with Gasteiger partial charge in [-0.25, -0.2) is 0 Å². The largest absolute Gasteiger partial charge is 0.497 e. The molecule has 1 aromatic carbocycles. The lowest BCUT2D eigenvalue weighted by atomic mass is 10.1. The molecule has 0 spiro atoms. The Bertz CT molecular complexity index is 443. The van der Waals surface area contributed by atoms with Crippen molar-refractivity contribution in [2.75, 3.05) is 19.0 Å². The van der Waals surface area contributed by atoms with Crippen LogP contribution in [0.4, 0.5) is 5.69 Å². The summed E-state index contributed by atoms with van der Waals surface area (Å²) in [4.78, 5) is 12.2. The minimum atomic E-state index is -0.0967. The summed E-state index contributed by atoms with van der Waals surface area (Å²) in [5.41, 5.74) is 0.746. The smallest absolute Gasteiger partial charge is 0.241 e. The number of halogens is 1. The van der Waals surface area contributed by atoms with Crippen molar-refractivity contribution in [3.05, 3.63) is 22.7 Å². The van der Waals surface area contributed by atoms with Crippen LogP contribution < -0.4 is 15.4 Å². The van der Waals surface area contributed by atoms with Crippen LogP contribution in [0, 0.1) is 0 Å². The molecule has 1 aromatic rings. The van der Waals surface area contributed by atoms with E-state index in [0.29, 0.717) is 0 Å². The van der Waals surface area contributed by atoms with Crippen molar-refractivity contribution in [2.24, 2.45) is 0 Å². The van der Waals surface area contributed by atoms with Gasteiger partial charge in [-0.1, -0.05) is 12.8 Å². The van der Waals surface area contributed by atoms with E-state index >= 15 is 0 Å². The van der Waals surface area contributed by atoms with Crippen LogP contribution in [0.15, 0.2) is 22.7 Å². The van der Waals surface area contributed by atoms with Crippen LogP contribution in [0.3, 0.4) is 0 Å². The van der Waals surface area contributed by atoms with Gasteiger partial charge in [-0.05, 0) is 47.4 Å². The number of carbonyl (C=O) groups excluding carboxylic acids is 1. The highest BCUT2D eigenvalue weighted by molar-refractivity contribution is 9.10. The van der Waals surface area contributed by atoms with Crippen molar-refractivity contribution in [1.82, 2.24) is 5.32 Å². The van der Waals surface area contributed by atoms with E-state index in [-0.39, 0.29) is 11.9 Å². The highest BCUT2D eigenvalue weighted by Crippen LogP contribution is 2.27. The highest BCUT2D eigenvalue weighted by Gasteiger charge is 2.20. The van der Waals surface area contributed by atoms with Crippen LogP contribution in [0.2, 0.25) is 0 Å². The molecule has 2 N–H and O–H groups in total. The molecule has 2 rings (SSSR count). The Kier molecular flexibility index (Phi) is 5.22. The van der Waals surface area contributed by atoms with Crippen molar-refractivity contribution >= 4 is 27.5 Å². The lowest BCUT2D eigenvalue weighted by Gasteiger charge is -2.16. The minimum absolute atomic E-state index is 0.0239. The van der Waals surface area contributed by atoms with Crippen LogP contribution in [0.25, 0.3) is 0 Å². The summed E-state index contributed by atoms with van der Waals surface area (Å²) < 4.78 is 6.03. The zero-order chi connectivity index (χ0) is 13.7. The van der Waals surface area contributed by atoms with Crippen molar-refractivity contribution in [2.45, 2.75) is 31.7 Å². The Morgan fingerprint density at radius 1 is 1.42 bits per heavy atom. The molecule has 1 saturated heterocycles. The molecule has 5 heteroatoms. The van der Waals surface area contributed by atoms with Crippen LogP contribution in [-0.4, -0.2) is 25.6 Å². The first kappa shape index (κ1) is 14.3. The molecule has 1 unspecified atom stereocenters. The lowest BCUT2D eigenvalue weighted by Crippen LogP contribution is -2.39. The van der Waals surface area contributed by atoms with E-state index in [0.717, 1.165) is 41.7 Å². The third-order valence-corrected chi connectivity index (χ3v) is 4.00. The molecule has 1 fully saturated rings. The van der Waals surface area contributed by atoms with Gasteiger partial charge in [0.15, 0.2) is 0 Å². The average Bonchev–Trinajstić information content (AvgIpc) is 2.70. The Morgan fingerprint density at radius 3 is 3.05 bits per heavy atom. The maximum Gasteiger partial charge on any atom is 0.241 e. The summed E-state index contributed by atoms with van der Waals surface area (Å²) in [6.45, 7) is 0.914. The predicted molar refractivity (Wildman–Crippen MR) is 79.6 cm³/mol. The molecule has 0 bridgehead atoms. The fourth-order valence-corrected chi connectivity index (χ4v) is 2.55. The molecule has 0 radical (unpaired) electrons. The van der Waals surface area contributed by atoms with Crippen molar-refractivity contribution < 1.29 is 9.53 Å². The number of anilines is 1. The number of hydrogen-bond donors (Lipinski definition) is 2. The van der Waals surface area contributed by atoms with Crippen molar-refractivity contribution in [3.8, 4) is 5.75 Å². The summed E-state index contributed by atoms with van der Waals surface area (Å²) in [6.07, 6.45) is 4.34. The van der Waals surface area contributed by atoms with Gasteiger partial charge < -0.3 is 15.4 Å². The number of rotatable bonds is 3. The third-order valence-electron chi connectivity index (χ3n) is 3.31. The number of methoxy groups -OCH3 is 1. The van der Waals surface area contributed by atoms with E-state index in [1.807, 2.05) is 18.2 Å². The number of amides is 1. The summed E-state index contributed by atoms with van der Waals surface area (Å²) in [7, 11) is 1.61. The summed E-state index contributed by atoms with van der Waals surface area (Å²) in [5, 5.41) is 6.25. The van der Waals surface area contributed by atoms with Gasteiger partial charge in [0, 0.05) is 10.5 Å². The van der Waals surface area contributed by atoms with E-state index < -0.39 is 0 Å². The first-order chi connectivity index (χ1) is 9.20. The van der Waals surface area contributed by atoms with Gasteiger partial charge in [-0.15, -0.1) is 0 Å². The maximum absolute atomic E-state index is 12.2. The topological polar surface area (TPSA) is 50.4 Å². The van der Waals surface area contributed by atoms with Crippen LogP contribution in [0.1, 0.15) is 25.7 Å². The Morgan fingerprint density at radius 2 is 2.26 bits per heavy atom. The molecular formula is C14H19BrN2O2. The fourth-order valence-electron chi connectivity index (χ4n) is 2.20. The lowest BCUT2D eigenvalue weighted by molar-refractivity contribution is -0.118. The summed E-state index contributed by atoms with van der Waals surface area (Å²) in [6, 6.07) is 5.44. The van der Waals surface area contributed by atoms with Crippen LogP contribution >= 0.6 is 15.9 Å². The molecule has 0 aliphatic carbocycles. The van der Waals surface area contributed by atoms with E-state index in [1.54, 1.807) is 7.11 Å². The first-order valence-corrected chi connectivity index (χ1v) is 7.38. The van der Waals surface area contributed by atoms with E-state index in [9.17, 15) is 4.79 Å². The van der Waals surface area contributed by atoms with Gasteiger partial charge >= 0.3 is 0 Å². The van der Waals surface area contributed by atoms with Crippen molar-refractivity contribution in [3.63, 3.8) is 0 Å². The Hall–Kier alpha value is -1.07. The second kappa shape index (κ2) is 6.91. The number of ether oxygens (including phenoxy) is 1. The molecule has 1 heterocycles. The van der Waals surface area contributed by atoms with Gasteiger partial charge in [0.2, 0.25) is 5.91 Å². The molecule has 0 saturated carbocycles. The first-order valence-electron chi connectivity index (χ1n) is 6.58. The quantitative estimate of drug-likeness (QED) is 0.897. The van der Waals surface area contributed by atoms with Crippen LogP contribution in [0.5, 0.6) is 5.75 Å². The Balaban J connectivity index is 2.05. The molecule has 19 heavy (non-hydrogen) atoms.